The van der Waals surface area contributed by atoms with Gasteiger partial charge in [0.25, 0.3) is 0 Å². The zero-order valence-corrected chi connectivity index (χ0v) is 12.7. The third-order valence-corrected chi connectivity index (χ3v) is 4.04. The summed E-state index contributed by atoms with van der Waals surface area (Å²) in [5.41, 5.74) is 2.68. The van der Waals surface area contributed by atoms with Gasteiger partial charge in [-0.05, 0) is 36.3 Å². The summed E-state index contributed by atoms with van der Waals surface area (Å²) in [4.78, 5) is 11.9. The van der Waals surface area contributed by atoms with Crippen LogP contribution in [0.4, 0.5) is 0 Å². The van der Waals surface area contributed by atoms with Crippen molar-refractivity contribution in [3.8, 4) is 0 Å². The van der Waals surface area contributed by atoms with Crippen molar-refractivity contribution in [2.75, 3.05) is 19.7 Å². The van der Waals surface area contributed by atoms with E-state index in [1.807, 2.05) is 6.92 Å². The summed E-state index contributed by atoms with van der Waals surface area (Å²) >= 11 is 0. The van der Waals surface area contributed by atoms with Gasteiger partial charge in [0.1, 0.15) is 0 Å². The molecule has 2 atom stereocenters. The molecule has 3 nitrogen and oxygen atoms in total. The monoisotopic (exact) mass is 275 g/mol. The number of carbonyl (C=O) groups excluding carboxylic acids is 1. The largest absolute Gasteiger partial charge is 0.466 e. The standard InChI is InChI=1S/C17H25NO2/c1-4-20-17(19)16-9-15(10-18-11-16)14-7-5-13(6-8-14)12(2)3/h5-8,12,15-16,18H,4,9-11H2,1-3H3. The molecule has 1 aromatic carbocycles. The molecule has 0 amide bonds. The summed E-state index contributed by atoms with van der Waals surface area (Å²) in [6.07, 6.45) is 0.882. The van der Waals surface area contributed by atoms with Crippen molar-refractivity contribution in [2.45, 2.75) is 39.0 Å². The zero-order chi connectivity index (χ0) is 14.5. The van der Waals surface area contributed by atoms with Crippen LogP contribution in [0.25, 0.3) is 0 Å². The van der Waals surface area contributed by atoms with Gasteiger partial charge in [0.2, 0.25) is 0 Å². The molecule has 20 heavy (non-hydrogen) atoms. The SMILES string of the molecule is CCOC(=O)C1CNCC(c2ccc(C(C)C)cc2)C1. The lowest BCUT2D eigenvalue weighted by Gasteiger charge is -2.29. The van der Waals surface area contributed by atoms with Crippen LogP contribution < -0.4 is 5.32 Å². The molecule has 0 bridgehead atoms. The fraction of sp³-hybridized carbons (Fsp3) is 0.588. The van der Waals surface area contributed by atoms with Crippen LogP contribution in [0.2, 0.25) is 0 Å². The minimum absolute atomic E-state index is 0.0153. The smallest absolute Gasteiger partial charge is 0.310 e. The fourth-order valence-corrected chi connectivity index (χ4v) is 2.79. The average Bonchev–Trinajstić information content (AvgIpc) is 2.48. The van der Waals surface area contributed by atoms with Gasteiger partial charge in [-0.1, -0.05) is 38.1 Å². The minimum atomic E-state index is -0.0662. The van der Waals surface area contributed by atoms with E-state index in [-0.39, 0.29) is 11.9 Å². The molecule has 110 valence electrons. The second-order valence-corrected chi connectivity index (χ2v) is 5.86. The van der Waals surface area contributed by atoms with E-state index in [0.717, 1.165) is 19.5 Å². The highest BCUT2D eigenvalue weighted by atomic mass is 16.5. The third-order valence-electron chi connectivity index (χ3n) is 4.04. The van der Waals surface area contributed by atoms with Crippen LogP contribution in [0.15, 0.2) is 24.3 Å². The number of nitrogens with one attached hydrogen (secondary N) is 1. The van der Waals surface area contributed by atoms with Crippen LogP contribution in [0, 0.1) is 5.92 Å². The van der Waals surface area contributed by atoms with Crippen molar-refractivity contribution in [2.24, 2.45) is 5.92 Å². The highest BCUT2D eigenvalue weighted by Gasteiger charge is 2.28. The quantitative estimate of drug-likeness (QED) is 0.858. The fourth-order valence-electron chi connectivity index (χ4n) is 2.79. The van der Waals surface area contributed by atoms with Gasteiger partial charge in [0, 0.05) is 13.1 Å². The summed E-state index contributed by atoms with van der Waals surface area (Å²) in [6, 6.07) is 8.81. The average molecular weight is 275 g/mol. The summed E-state index contributed by atoms with van der Waals surface area (Å²) in [6.45, 7) is 8.40. The normalized spacial score (nSPS) is 22.8. The Labute approximate surface area is 121 Å². The molecule has 2 unspecified atom stereocenters. The molecule has 3 heteroatoms. The lowest BCUT2D eigenvalue weighted by Crippen LogP contribution is -2.39. The third kappa shape index (κ3) is 3.60. The first-order valence-corrected chi connectivity index (χ1v) is 7.59. The Morgan fingerprint density at radius 2 is 2.00 bits per heavy atom. The molecule has 1 saturated heterocycles. The van der Waals surface area contributed by atoms with Crippen molar-refractivity contribution < 1.29 is 9.53 Å². The van der Waals surface area contributed by atoms with Gasteiger partial charge in [-0.15, -0.1) is 0 Å². The predicted octanol–water partition coefficient (Wildman–Crippen LogP) is 3.07. The van der Waals surface area contributed by atoms with Crippen LogP contribution in [0.5, 0.6) is 0 Å². The molecule has 0 aliphatic carbocycles. The van der Waals surface area contributed by atoms with Crippen molar-refractivity contribution >= 4 is 5.97 Å². The van der Waals surface area contributed by atoms with E-state index in [4.69, 9.17) is 4.74 Å². The number of carbonyl (C=O) groups is 1. The number of ether oxygens (including phenoxy) is 1. The van der Waals surface area contributed by atoms with Crippen LogP contribution in [-0.2, 0) is 9.53 Å². The lowest BCUT2D eigenvalue weighted by atomic mass is 9.85. The summed E-state index contributed by atoms with van der Waals surface area (Å²) in [5, 5.41) is 3.36. The Kier molecular flexibility index (Phi) is 5.18. The number of piperidine rings is 1. The highest BCUT2D eigenvalue weighted by molar-refractivity contribution is 5.73. The first-order valence-electron chi connectivity index (χ1n) is 7.59. The lowest BCUT2D eigenvalue weighted by molar-refractivity contribution is -0.148. The molecule has 0 spiro atoms. The topological polar surface area (TPSA) is 38.3 Å². The first kappa shape index (κ1) is 15.0. The molecule has 0 radical (unpaired) electrons. The van der Waals surface area contributed by atoms with Crippen LogP contribution in [0.3, 0.4) is 0 Å². The van der Waals surface area contributed by atoms with E-state index >= 15 is 0 Å². The molecule has 0 aromatic heterocycles. The number of benzene rings is 1. The molecule has 1 heterocycles. The predicted molar refractivity (Wildman–Crippen MR) is 80.9 cm³/mol. The highest BCUT2D eigenvalue weighted by Crippen LogP contribution is 2.28. The first-order chi connectivity index (χ1) is 9.61. The second kappa shape index (κ2) is 6.89. The molecular weight excluding hydrogens is 250 g/mol. The molecule has 0 saturated carbocycles. The molecule has 1 N–H and O–H groups in total. The van der Waals surface area contributed by atoms with Crippen LogP contribution >= 0.6 is 0 Å². The van der Waals surface area contributed by atoms with E-state index in [1.54, 1.807) is 0 Å². The van der Waals surface area contributed by atoms with Gasteiger partial charge in [-0.3, -0.25) is 4.79 Å². The summed E-state index contributed by atoms with van der Waals surface area (Å²) in [5.74, 6) is 0.877. The maximum absolute atomic E-state index is 11.9. The van der Waals surface area contributed by atoms with E-state index in [2.05, 4.69) is 43.4 Å². The number of hydrogen-bond donors (Lipinski definition) is 1. The van der Waals surface area contributed by atoms with Gasteiger partial charge in [-0.2, -0.15) is 0 Å². The Morgan fingerprint density at radius 3 is 2.60 bits per heavy atom. The second-order valence-electron chi connectivity index (χ2n) is 5.86. The van der Waals surface area contributed by atoms with E-state index in [1.165, 1.54) is 11.1 Å². The van der Waals surface area contributed by atoms with Crippen molar-refractivity contribution in [1.29, 1.82) is 0 Å². The van der Waals surface area contributed by atoms with Gasteiger partial charge >= 0.3 is 5.97 Å². The van der Waals surface area contributed by atoms with E-state index in [9.17, 15) is 4.79 Å². The van der Waals surface area contributed by atoms with Gasteiger partial charge < -0.3 is 10.1 Å². The number of hydrogen-bond acceptors (Lipinski definition) is 3. The summed E-state index contributed by atoms with van der Waals surface area (Å²) in [7, 11) is 0. The van der Waals surface area contributed by atoms with Crippen molar-refractivity contribution in [3.05, 3.63) is 35.4 Å². The molecule has 1 aliphatic rings. The molecule has 1 aromatic rings. The minimum Gasteiger partial charge on any atom is -0.466 e. The maximum atomic E-state index is 11.9. The van der Waals surface area contributed by atoms with Crippen LogP contribution in [-0.4, -0.2) is 25.7 Å². The Morgan fingerprint density at radius 1 is 1.30 bits per heavy atom. The maximum Gasteiger partial charge on any atom is 0.310 e. The molecule has 1 aliphatic heterocycles. The van der Waals surface area contributed by atoms with Crippen molar-refractivity contribution in [3.63, 3.8) is 0 Å². The molecular formula is C17H25NO2. The van der Waals surface area contributed by atoms with Gasteiger partial charge in [-0.25, -0.2) is 0 Å². The Bertz CT molecular complexity index is 439. The Balaban J connectivity index is 2.03. The number of esters is 1. The van der Waals surface area contributed by atoms with Gasteiger partial charge in [0.15, 0.2) is 0 Å². The zero-order valence-electron chi connectivity index (χ0n) is 12.7. The summed E-state index contributed by atoms with van der Waals surface area (Å²) < 4.78 is 5.14. The number of rotatable bonds is 4. The van der Waals surface area contributed by atoms with Crippen molar-refractivity contribution in [1.82, 2.24) is 5.32 Å². The Hall–Kier alpha value is -1.35. The van der Waals surface area contributed by atoms with Crippen LogP contribution in [0.1, 0.15) is 50.2 Å². The molecule has 1 fully saturated rings. The van der Waals surface area contributed by atoms with E-state index < -0.39 is 0 Å². The molecule has 2 rings (SSSR count). The van der Waals surface area contributed by atoms with E-state index in [0.29, 0.717) is 18.4 Å². The van der Waals surface area contributed by atoms with Gasteiger partial charge in [0.05, 0.1) is 12.5 Å².